The number of halogens is 1. The lowest BCUT2D eigenvalue weighted by molar-refractivity contribution is -0.136. The van der Waals surface area contributed by atoms with Crippen molar-refractivity contribution in [3.05, 3.63) is 40.0 Å². The molecule has 0 aliphatic carbocycles. The summed E-state index contributed by atoms with van der Waals surface area (Å²) in [5.41, 5.74) is 3.80. The lowest BCUT2D eigenvalue weighted by Crippen LogP contribution is -2.52. The van der Waals surface area contributed by atoms with Gasteiger partial charge in [-0.1, -0.05) is 29.5 Å². The second-order valence-corrected chi connectivity index (χ2v) is 14.5. The fourth-order valence-electron chi connectivity index (χ4n) is 7.05. The van der Waals surface area contributed by atoms with Crippen LogP contribution < -0.4 is 5.32 Å². The van der Waals surface area contributed by atoms with Crippen molar-refractivity contribution in [2.24, 2.45) is 0 Å². The Hall–Kier alpha value is -2.95. The predicted molar refractivity (Wildman–Crippen MR) is 166 cm³/mol. The molecular formula is C31H39ClN6O5S. The third-order valence-corrected chi connectivity index (χ3v) is 10.9. The van der Waals surface area contributed by atoms with Gasteiger partial charge < -0.3 is 20.2 Å². The van der Waals surface area contributed by atoms with E-state index in [0.717, 1.165) is 49.0 Å². The topological polar surface area (TPSA) is 128 Å². The Balaban J connectivity index is 1.29. The van der Waals surface area contributed by atoms with Crippen LogP contribution in [0.5, 0.6) is 0 Å². The Morgan fingerprint density at radius 2 is 1.95 bits per heavy atom. The Kier molecular flexibility index (Phi) is 9.04. The van der Waals surface area contributed by atoms with E-state index < -0.39 is 16.1 Å². The van der Waals surface area contributed by atoms with Crippen LogP contribution in [0.4, 0.5) is 0 Å². The number of sulfonamides is 1. The van der Waals surface area contributed by atoms with Crippen LogP contribution >= 0.6 is 11.6 Å². The van der Waals surface area contributed by atoms with Crippen LogP contribution in [0.15, 0.2) is 18.2 Å². The van der Waals surface area contributed by atoms with Crippen molar-refractivity contribution in [1.82, 2.24) is 29.2 Å². The number of aliphatic hydroxyl groups is 1. The third kappa shape index (κ3) is 6.13. The maximum atomic E-state index is 13.9. The summed E-state index contributed by atoms with van der Waals surface area (Å²) in [7, 11) is -3.43. The van der Waals surface area contributed by atoms with Crippen molar-refractivity contribution in [3.8, 4) is 23.1 Å². The highest BCUT2D eigenvalue weighted by Crippen LogP contribution is 2.36. The van der Waals surface area contributed by atoms with Crippen LogP contribution in [0.25, 0.3) is 11.3 Å². The van der Waals surface area contributed by atoms with Gasteiger partial charge in [-0.2, -0.15) is 9.40 Å². The van der Waals surface area contributed by atoms with E-state index >= 15 is 0 Å². The number of nitrogens with one attached hydrogen (secondary N) is 1. The van der Waals surface area contributed by atoms with Crippen LogP contribution in [0, 0.1) is 11.8 Å². The van der Waals surface area contributed by atoms with Crippen molar-refractivity contribution in [2.75, 3.05) is 45.6 Å². The quantitative estimate of drug-likeness (QED) is 0.460. The zero-order valence-corrected chi connectivity index (χ0v) is 26.5. The normalized spacial score (nSPS) is 23.1. The number of rotatable bonds is 6. The first-order valence-electron chi connectivity index (χ1n) is 15.4. The molecule has 236 valence electrons. The van der Waals surface area contributed by atoms with E-state index in [2.05, 4.69) is 17.2 Å². The van der Waals surface area contributed by atoms with E-state index in [0.29, 0.717) is 61.7 Å². The molecule has 2 amide bonds. The minimum Gasteiger partial charge on any atom is -0.395 e. The SMILES string of the molecule is CS(=O)(=O)N1CCc2c(c(-c3ccc(Cl)c(C#CCCO)c3)nn2C2CCN[C@@H]2C(=O)N2CCC(N3CCCC3=O)CC2)C1. The number of hydrogen-bond donors (Lipinski definition) is 2. The van der Waals surface area contributed by atoms with Crippen LogP contribution in [-0.2, 0) is 32.6 Å². The molecule has 1 unspecified atom stereocenters. The molecule has 0 saturated carbocycles. The Morgan fingerprint density at radius 1 is 1.16 bits per heavy atom. The van der Waals surface area contributed by atoms with Gasteiger partial charge in [-0.05, 0) is 44.4 Å². The minimum atomic E-state index is -3.43. The zero-order chi connectivity index (χ0) is 31.0. The molecule has 2 aromatic rings. The molecule has 0 radical (unpaired) electrons. The van der Waals surface area contributed by atoms with Gasteiger partial charge in [-0.3, -0.25) is 14.3 Å². The van der Waals surface area contributed by atoms with Crippen LogP contribution in [0.3, 0.4) is 0 Å². The van der Waals surface area contributed by atoms with Crippen LogP contribution in [-0.4, -0.2) is 107 Å². The first-order chi connectivity index (χ1) is 21.2. The summed E-state index contributed by atoms with van der Waals surface area (Å²) in [6.45, 7) is 3.22. The summed E-state index contributed by atoms with van der Waals surface area (Å²) in [5.74, 6) is 6.20. The van der Waals surface area contributed by atoms with Crippen molar-refractivity contribution >= 4 is 33.4 Å². The summed E-state index contributed by atoms with van der Waals surface area (Å²) in [5, 5.41) is 18.1. The summed E-state index contributed by atoms with van der Waals surface area (Å²) in [4.78, 5) is 30.1. The number of aromatic nitrogens is 2. The molecule has 5 heterocycles. The molecule has 2 atom stereocenters. The van der Waals surface area contributed by atoms with Gasteiger partial charge in [0.15, 0.2) is 0 Å². The first kappa shape index (κ1) is 31.0. The van der Waals surface area contributed by atoms with Crippen molar-refractivity contribution in [1.29, 1.82) is 0 Å². The van der Waals surface area contributed by atoms with Gasteiger partial charge in [0.1, 0.15) is 6.04 Å². The zero-order valence-electron chi connectivity index (χ0n) is 25.0. The Labute approximate surface area is 263 Å². The lowest BCUT2D eigenvalue weighted by atomic mass is 9.99. The lowest BCUT2D eigenvalue weighted by Gasteiger charge is -2.38. The van der Waals surface area contributed by atoms with E-state index in [9.17, 15) is 18.0 Å². The number of nitrogens with zero attached hydrogens (tertiary/aromatic N) is 5. The minimum absolute atomic E-state index is 0.0466. The highest BCUT2D eigenvalue weighted by atomic mass is 35.5. The summed E-state index contributed by atoms with van der Waals surface area (Å²) < 4.78 is 28.5. The maximum Gasteiger partial charge on any atom is 0.241 e. The summed E-state index contributed by atoms with van der Waals surface area (Å²) in [6.07, 6.45) is 5.87. The molecular weight excluding hydrogens is 604 g/mol. The summed E-state index contributed by atoms with van der Waals surface area (Å²) >= 11 is 6.43. The van der Waals surface area contributed by atoms with E-state index in [4.69, 9.17) is 21.8 Å². The van der Waals surface area contributed by atoms with Gasteiger partial charge in [0, 0.05) is 80.4 Å². The molecule has 0 bridgehead atoms. The molecule has 3 saturated heterocycles. The number of hydrogen-bond acceptors (Lipinski definition) is 7. The number of carbonyl (C=O) groups is 2. The predicted octanol–water partition coefficient (Wildman–Crippen LogP) is 1.77. The smallest absolute Gasteiger partial charge is 0.241 e. The van der Waals surface area contributed by atoms with Crippen LogP contribution in [0.2, 0.25) is 5.02 Å². The number of carbonyl (C=O) groups excluding carboxylic acids is 2. The fourth-order valence-corrected chi connectivity index (χ4v) is 8.00. The molecule has 11 nitrogen and oxygen atoms in total. The van der Waals surface area contributed by atoms with Gasteiger partial charge >= 0.3 is 0 Å². The third-order valence-electron chi connectivity index (χ3n) is 9.32. The number of benzene rings is 1. The number of fused-ring (bicyclic) bond motifs is 1. The monoisotopic (exact) mass is 642 g/mol. The second-order valence-electron chi connectivity index (χ2n) is 12.1. The molecule has 6 rings (SSSR count). The number of amides is 2. The number of aliphatic hydroxyl groups excluding tert-OH is 1. The van der Waals surface area contributed by atoms with Gasteiger partial charge in [0.05, 0.1) is 29.6 Å². The highest BCUT2D eigenvalue weighted by molar-refractivity contribution is 7.88. The molecule has 13 heteroatoms. The number of likely N-dealkylation sites (tertiary alicyclic amines) is 2. The van der Waals surface area contributed by atoms with Gasteiger partial charge in [-0.25, -0.2) is 8.42 Å². The molecule has 1 aromatic heterocycles. The van der Waals surface area contributed by atoms with Gasteiger partial charge in [0.2, 0.25) is 21.8 Å². The molecule has 2 N–H and O–H groups in total. The molecule has 44 heavy (non-hydrogen) atoms. The fraction of sp³-hybridized carbons (Fsp3) is 0.581. The molecule has 4 aliphatic rings. The maximum absolute atomic E-state index is 13.9. The van der Waals surface area contributed by atoms with E-state index in [1.807, 2.05) is 26.6 Å². The van der Waals surface area contributed by atoms with E-state index in [1.165, 1.54) is 10.6 Å². The first-order valence-corrected chi connectivity index (χ1v) is 17.6. The average molecular weight is 643 g/mol. The average Bonchev–Trinajstić information content (AvgIpc) is 3.76. The van der Waals surface area contributed by atoms with E-state index in [-0.39, 0.29) is 37.0 Å². The van der Waals surface area contributed by atoms with Gasteiger partial charge in [0.25, 0.3) is 0 Å². The van der Waals surface area contributed by atoms with Crippen molar-refractivity contribution < 1.29 is 23.1 Å². The summed E-state index contributed by atoms with van der Waals surface area (Å²) in [6, 6.07) is 5.00. The van der Waals surface area contributed by atoms with Crippen LogP contribution in [0.1, 0.15) is 61.4 Å². The molecule has 3 fully saturated rings. The van der Waals surface area contributed by atoms with Crippen molar-refractivity contribution in [2.45, 2.75) is 69.6 Å². The molecule has 4 aliphatic heterocycles. The number of piperidine rings is 1. The van der Waals surface area contributed by atoms with E-state index in [1.54, 1.807) is 6.07 Å². The molecule has 0 spiro atoms. The largest absolute Gasteiger partial charge is 0.395 e. The highest BCUT2D eigenvalue weighted by Gasteiger charge is 2.42. The Bertz CT molecular complexity index is 1610. The Morgan fingerprint density at radius 3 is 2.66 bits per heavy atom. The second kappa shape index (κ2) is 12.8. The van der Waals surface area contributed by atoms with Crippen molar-refractivity contribution in [3.63, 3.8) is 0 Å². The standard InChI is InChI=1S/C31H39ClN6O5S/c1-44(42,43)36-17-12-26-24(20-36)29(22-7-8-25(32)21(19-22)5-2-3-18-39)34-38(26)27-9-13-33-30(27)31(41)35-15-10-23(11-16-35)37-14-4-6-28(37)40/h7-8,19,23,27,30,33,39H,3-4,6,9-18,20H2,1H3/t27?,30-/m0/s1. The molecule has 1 aromatic carbocycles. The van der Waals surface area contributed by atoms with Gasteiger partial charge in [-0.15, -0.1) is 0 Å².